The Morgan fingerprint density at radius 3 is 2.40 bits per heavy atom. The molecule has 0 radical (unpaired) electrons. The predicted octanol–water partition coefficient (Wildman–Crippen LogP) is 3.16. The second-order valence-electron chi connectivity index (χ2n) is 2.66. The van der Waals surface area contributed by atoms with Gasteiger partial charge in [0.15, 0.2) is 0 Å². The van der Waals surface area contributed by atoms with Crippen LogP contribution in [0.4, 0.5) is 0 Å². The van der Waals surface area contributed by atoms with Crippen LogP contribution in [-0.2, 0) is 0 Å². The van der Waals surface area contributed by atoms with E-state index in [-0.39, 0.29) is 14.9 Å². The summed E-state index contributed by atoms with van der Waals surface area (Å²) in [7, 11) is 0. The zero-order valence-corrected chi connectivity index (χ0v) is 11.1. The molecule has 0 saturated carbocycles. The van der Waals surface area contributed by atoms with E-state index in [9.17, 15) is 9.59 Å². The lowest BCUT2D eigenvalue weighted by atomic mass is 10.1. The highest BCUT2D eigenvalue weighted by Gasteiger charge is 2.18. The van der Waals surface area contributed by atoms with Crippen LogP contribution in [0.25, 0.3) is 0 Å². The number of carbonyl (C=O) groups is 2. The summed E-state index contributed by atoms with van der Waals surface area (Å²) < 4.78 is 4.56. The molecule has 0 spiro atoms. The molecule has 0 aliphatic heterocycles. The lowest BCUT2D eigenvalue weighted by Crippen LogP contribution is -2.05. The maximum Gasteiger partial charge on any atom is 0.232 e. The van der Waals surface area contributed by atoms with Crippen molar-refractivity contribution in [3.05, 3.63) is 29.3 Å². The molecule has 1 aromatic carbocycles. The van der Waals surface area contributed by atoms with Crippen LogP contribution in [0.5, 0.6) is 5.75 Å². The minimum absolute atomic E-state index is 0.251. The monoisotopic (exact) mass is 334 g/mol. The first-order valence-electron chi connectivity index (χ1n) is 4.23. The van der Waals surface area contributed by atoms with E-state index >= 15 is 0 Å². The molecule has 0 N–H and O–H groups in total. The Balaban J connectivity index is 3.34. The Labute approximate surface area is 104 Å². The molecule has 0 fully saturated rings. The van der Waals surface area contributed by atoms with E-state index in [4.69, 9.17) is 4.74 Å². The van der Waals surface area contributed by atoms with Gasteiger partial charge >= 0.3 is 0 Å². The Morgan fingerprint density at radius 1 is 1.27 bits per heavy atom. The van der Waals surface area contributed by atoms with Crippen molar-refractivity contribution in [2.75, 3.05) is 6.61 Å². The van der Waals surface area contributed by atoms with Gasteiger partial charge in [-0.25, -0.2) is 0 Å². The Bertz CT molecular complexity index is 402. The molecule has 0 amide bonds. The molecule has 80 valence electrons. The summed E-state index contributed by atoms with van der Waals surface area (Å²) in [5.41, 5.74) is 0.545. The largest absolute Gasteiger partial charge is 0.493 e. The highest BCUT2D eigenvalue weighted by Crippen LogP contribution is 2.26. The van der Waals surface area contributed by atoms with Crippen LogP contribution >= 0.6 is 31.9 Å². The van der Waals surface area contributed by atoms with Crippen LogP contribution in [-0.4, -0.2) is 16.0 Å². The molecule has 0 atom stereocenters. The summed E-state index contributed by atoms with van der Waals surface area (Å²) >= 11 is 5.65. The van der Waals surface area contributed by atoms with Crippen molar-refractivity contribution in [2.24, 2.45) is 0 Å². The second kappa shape index (κ2) is 5.42. The van der Waals surface area contributed by atoms with E-state index in [1.54, 1.807) is 18.2 Å². The molecule has 0 saturated heterocycles. The highest BCUT2D eigenvalue weighted by atomic mass is 79.9. The number of ether oxygens (including phenoxy) is 1. The first kappa shape index (κ1) is 12.4. The molecule has 1 rings (SSSR count). The lowest BCUT2D eigenvalue weighted by molar-refractivity contribution is 0.106. The first-order chi connectivity index (χ1) is 7.07. The van der Waals surface area contributed by atoms with E-state index in [0.29, 0.717) is 17.9 Å². The number of benzene rings is 1. The molecule has 0 heterocycles. The predicted molar refractivity (Wildman–Crippen MR) is 64.1 cm³/mol. The zero-order valence-electron chi connectivity index (χ0n) is 7.92. The SMILES string of the molecule is CCOc1cccc(C(=O)Br)c1C(=O)Br. The quantitative estimate of drug-likeness (QED) is 0.794. The minimum atomic E-state index is -0.366. The summed E-state index contributed by atoms with van der Waals surface area (Å²) in [5, 5.41) is 0. The third kappa shape index (κ3) is 2.89. The van der Waals surface area contributed by atoms with E-state index in [1.165, 1.54) is 0 Å². The Kier molecular flexibility index (Phi) is 4.47. The second-order valence-corrected chi connectivity index (χ2v) is 4.10. The molecule has 1 aromatic rings. The maximum absolute atomic E-state index is 11.3. The summed E-state index contributed by atoms with van der Waals surface area (Å²) in [4.78, 5) is 22.5. The number of carbonyl (C=O) groups excluding carboxylic acids is 2. The van der Waals surface area contributed by atoms with E-state index in [0.717, 1.165) is 0 Å². The smallest absolute Gasteiger partial charge is 0.232 e. The van der Waals surface area contributed by atoms with Crippen LogP contribution in [0.3, 0.4) is 0 Å². The fourth-order valence-corrected chi connectivity index (χ4v) is 1.91. The van der Waals surface area contributed by atoms with Crippen molar-refractivity contribution >= 4 is 41.2 Å². The molecular formula is C10H8Br2O3. The van der Waals surface area contributed by atoms with Gasteiger partial charge in [0.2, 0.25) is 9.39 Å². The zero-order chi connectivity index (χ0) is 11.4. The van der Waals surface area contributed by atoms with Crippen molar-refractivity contribution in [1.82, 2.24) is 0 Å². The van der Waals surface area contributed by atoms with Gasteiger partial charge in [0.05, 0.1) is 12.2 Å². The fourth-order valence-electron chi connectivity index (χ4n) is 1.17. The van der Waals surface area contributed by atoms with Crippen molar-refractivity contribution in [3.63, 3.8) is 0 Å². The molecule has 0 aromatic heterocycles. The fraction of sp³-hybridized carbons (Fsp3) is 0.200. The van der Waals surface area contributed by atoms with Gasteiger partial charge in [-0.3, -0.25) is 9.59 Å². The standard InChI is InChI=1S/C10H8Br2O3/c1-2-15-7-5-3-4-6(9(11)13)8(7)10(12)14/h3-5H,2H2,1H3. The summed E-state index contributed by atoms with van der Waals surface area (Å²) in [5.74, 6) is 0.407. The van der Waals surface area contributed by atoms with Crippen LogP contribution in [0.2, 0.25) is 0 Å². The average Bonchev–Trinajstić information content (AvgIpc) is 2.17. The van der Waals surface area contributed by atoms with Gasteiger partial charge in [0, 0.05) is 5.56 Å². The molecule has 0 aliphatic carbocycles. The van der Waals surface area contributed by atoms with Crippen molar-refractivity contribution in [2.45, 2.75) is 6.92 Å². The summed E-state index contributed by atoms with van der Waals surface area (Å²) in [6.45, 7) is 2.25. The molecule has 15 heavy (non-hydrogen) atoms. The maximum atomic E-state index is 11.3. The normalized spacial score (nSPS) is 9.80. The van der Waals surface area contributed by atoms with Gasteiger partial charge in [-0.1, -0.05) is 6.07 Å². The molecular weight excluding hydrogens is 328 g/mol. The first-order valence-corrected chi connectivity index (χ1v) is 5.82. The van der Waals surface area contributed by atoms with Crippen LogP contribution in [0.1, 0.15) is 27.6 Å². The van der Waals surface area contributed by atoms with Crippen molar-refractivity contribution in [3.8, 4) is 5.75 Å². The topological polar surface area (TPSA) is 43.4 Å². The molecule has 3 nitrogen and oxygen atoms in total. The molecule has 0 unspecified atom stereocenters. The highest BCUT2D eigenvalue weighted by molar-refractivity contribution is 9.18. The van der Waals surface area contributed by atoms with Crippen molar-refractivity contribution in [1.29, 1.82) is 0 Å². The lowest BCUT2D eigenvalue weighted by Gasteiger charge is -2.09. The number of hydrogen-bond donors (Lipinski definition) is 0. The van der Waals surface area contributed by atoms with Gasteiger partial charge < -0.3 is 4.74 Å². The number of hydrogen-bond acceptors (Lipinski definition) is 3. The van der Waals surface area contributed by atoms with Gasteiger partial charge in [0.1, 0.15) is 5.75 Å². The Hall–Kier alpha value is -0.680. The summed E-state index contributed by atoms with van der Waals surface area (Å²) in [6.07, 6.45) is 0. The van der Waals surface area contributed by atoms with Crippen molar-refractivity contribution < 1.29 is 14.3 Å². The summed E-state index contributed by atoms with van der Waals surface area (Å²) in [6, 6.07) is 4.88. The van der Waals surface area contributed by atoms with Gasteiger partial charge in [-0.15, -0.1) is 0 Å². The third-order valence-electron chi connectivity index (χ3n) is 1.73. The van der Waals surface area contributed by atoms with E-state index in [2.05, 4.69) is 31.9 Å². The molecule has 0 aliphatic rings. The van der Waals surface area contributed by atoms with Crippen LogP contribution < -0.4 is 4.74 Å². The minimum Gasteiger partial charge on any atom is -0.493 e. The van der Waals surface area contributed by atoms with Gasteiger partial charge in [0.25, 0.3) is 0 Å². The van der Waals surface area contributed by atoms with Crippen LogP contribution in [0.15, 0.2) is 18.2 Å². The van der Waals surface area contributed by atoms with Gasteiger partial charge in [-0.05, 0) is 50.9 Å². The van der Waals surface area contributed by atoms with E-state index < -0.39 is 0 Å². The van der Waals surface area contributed by atoms with Crippen LogP contribution in [0, 0.1) is 0 Å². The van der Waals surface area contributed by atoms with E-state index in [1.807, 2.05) is 6.92 Å². The number of rotatable bonds is 4. The molecule has 0 bridgehead atoms. The third-order valence-corrected chi connectivity index (χ3v) is 2.56. The van der Waals surface area contributed by atoms with Gasteiger partial charge in [-0.2, -0.15) is 0 Å². The Morgan fingerprint density at radius 2 is 1.93 bits per heavy atom. The number of halogens is 2. The molecule has 5 heteroatoms. The average molecular weight is 336 g/mol.